The van der Waals surface area contributed by atoms with Gasteiger partial charge in [-0.05, 0) is 68.9 Å². The van der Waals surface area contributed by atoms with E-state index >= 15 is 0 Å². The van der Waals surface area contributed by atoms with Crippen LogP contribution in [0.15, 0.2) is 30.3 Å². The molecule has 2 aromatic rings. The van der Waals surface area contributed by atoms with E-state index in [9.17, 15) is 9.50 Å². The summed E-state index contributed by atoms with van der Waals surface area (Å²) in [6, 6.07) is 8.30. The summed E-state index contributed by atoms with van der Waals surface area (Å²) in [4.78, 5) is 2.38. The minimum atomic E-state index is -0.641. The Morgan fingerprint density at radius 2 is 1.89 bits per heavy atom. The van der Waals surface area contributed by atoms with Crippen LogP contribution in [-0.2, 0) is 0 Å². The molecule has 5 nitrogen and oxygen atoms in total. The highest BCUT2D eigenvalue weighted by Gasteiger charge is 2.41. The molecule has 1 aromatic carbocycles. The van der Waals surface area contributed by atoms with Gasteiger partial charge in [0, 0.05) is 31.2 Å². The quantitative estimate of drug-likeness (QED) is 0.793. The number of aliphatic hydroxyl groups is 1. The zero-order chi connectivity index (χ0) is 19.9. The molecule has 150 valence electrons. The summed E-state index contributed by atoms with van der Waals surface area (Å²) in [5.41, 5.74) is 0.460. The lowest BCUT2D eigenvalue weighted by atomic mass is 10.0. The van der Waals surface area contributed by atoms with Crippen molar-refractivity contribution in [1.29, 1.82) is 0 Å². The van der Waals surface area contributed by atoms with Crippen LogP contribution >= 0.6 is 11.6 Å². The van der Waals surface area contributed by atoms with Crippen molar-refractivity contribution in [2.75, 3.05) is 25.0 Å². The summed E-state index contributed by atoms with van der Waals surface area (Å²) in [5, 5.41) is 22.4. The summed E-state index contributed by atoms with van der Waals surface area (Å²) in [6.45, 7) is 6.56. The Balaban J connectivity index is 1.35. The van der Waals surface area contributed by atoms with E-state index in [1.165, 1.54) is 18.2 Å². The van der Waals surface area contributed by atoms with Gasteiger partial charge in [-0.15, -0.1) is 10.2 Å². The molecule has 0 spiro atoms. The number of rotatable bonds is 5. The summed E-state index contributed by atoms with van der Waals surface area (Å²) < 4.78 is 13.5. The van der Waals surface area contributed by atoms with Gasteiger partial charge in [0.05, 0.1) is 16.3 Å². The number of aromatic nitrogens is 2. The first-order valence-corrected chi connectivity index (χ1v) is 10.1. The average Bonchev–Trinajstić information content (AvgIpc) is 3.14. The Labute approximate surface area is 169 Å². The number of likely N-dealkylation sites (tertiary alicyclic amines) is 1. The average molecular weight is 405 g/mol. The molecule has 1 aliphatic heterocycles. The smallest absolute Gasteiger partial charge is 0.148 e. The van der Waals surface area contributed by atoms with E-state index in [4.69, 9.17) is 11.6 Å². The number of benzene rings is 1. The van der Waals surface area contributed by atoms with Crippen molar-refractivity contribution in [2.24, 2.45) is 11.8 Å². The van der Waals surface area contributed by atoms with Crippen LogP contribution in [0.4, 0.5) is 10.2 Å². The molecule has 2 unspecified atom stereocenters. The van der Waals surface area contributed by atoms with Gasteiger partial charge in [-0.1, -0.05) is 11.6 Å². The molecule has 2 aliphatic rings. The van der Waals surface area contributed by atoms with Crippen molar-refractivity contribution < 1.29 is 9.50 Å². The van der Waals surface area contributed by atoms with E-state index in [0.29, 0.717) is 34.2 Å². The largest absolute Gasteiger partial charge is 0.389 e. The van der Waals surface area contributed by atoms with Crippen molar-refractivity contribution in [3.8, 4) is 11.3 Å². The second-order valence-electron chi connectivity index (χ2n) is 8.77. The fourth-order valence-electron chi connectivity index (χ4n) is 4.65. The van der Waals surface area contributed by atoms with Gasteiger partial charge in [0.1, 0.15) is 11.6 Å². The van der Waals surface area contributed by atoms with E-state index in [1.54, 1.807) is 0 Å². The molecule has 2 fully saturated rings. The molecular formula is C21H26ClFN4O. The van der Waals surface area contributed by atoms with Crippen molar-refractivity contribution >= 4 is 17.4 Å². The van der Waals surface area contributed by atoms with Gasteiger partial charge in [0.15, 0.2) is 0 Å². The second kappa shape index (κ2) is 7.58. The third-order valence-electron chi connectivity index (χ3n) is 5.66. The lowest BCUT2D eigenvalue weighted by molar-refractivity contribution is 0.0414. The number of hydrogen-bond acceptors (Lipinski definition) is 5. The topological polar surface area (TPSA) is 61.3 Å². The van der Waals surface area contributed by atoms with Gasteiger partial charge < -0.3 is 10.4 Å². The van der Waals surface area contributed by atoms with Crippen LogP contribution in [0.5, 0.6) is 0 Å². The lowest BCUT2D eigenvalue weighted by Gasteiger charge is -2.26. The molecule has 2 N–H and O–H groups in total. The number of nitrogens with zero attached hydrogens (tertiary/aromatic N) is 3. The minimum absolute atomic E-state index is 0.348. The zero-order valence-electron chi connectivity index (χ0n) is 16.2. The first kappa shape index (κ1) is 19.6. The van der Waals surface area contributed by atoms with Crippen molar-refractivity contribution in [2.45, 2.75) is 38.3 Å². The van der Waals surface area contributed by atoms with E-state index < -0.39 is 5.60 Å². The third kappa shape index (κ3) is 4.45. The van der Waals surface area contributed by atoms with Crippen molar-refractivity contribution in [1.82, 2.24) is 15.1 Å². The summed E-state index contributed by atoms with van der Waals surface area (Å²) in [5.74, 6) is 1.71. The fraction of sp³-hybridized carbons (Fsp3) is 0.524. The number of fused-ring (bicyclic) bond motifs is 1. The number of anilines is 1. The molecule has 1 aromatic heterocycles. The third-order valence-corrected chi connectivity index (χ3v) is 5.99. The predicted octanol–water partition coefficient (Wildman–Crippen LogP) is 3.83. The number of halogens is 2. The van der Waals surface area contributed by atoms with Crippen LogP contribution in [-0.4, -0.2) is 51.5 Å². The molecule has 28 heavy (non-hydrogen) atoms. The maximum atomic E-state index is 13.5. The van der Waals surface area contributed by atoms with Gasteiger partial charge in [0.25, 0.3) is 0 Å². The normalized spacial score (nSPS) is 25.1. The Morgan fingerprint density at radius 1 is 1.18 bits per heavy atom. The zero-order valence-corrected chi connectivity index (χ0v) is 17.0. The van der Waals surface area contributed by atoms with Crippen LogP contribution in [0.25, 0.3) is 11.3 Å². The molecule has 0 bridgehead atoms. The number of β-amino-alcohol motifs (C(OH)–C–C–N with tert-alkyl or cyclic N) is 1. The summed E-state index contributed by atoms with van der Waals surface area (Å²) >= 11 is 6.14. The highest BCUT2D eigenvalue weighted by atomic mass is 35.5. The van der Waals surface area contributed by atoms with Crippen LogP contribution in [0, 0.1) is 17.7 Å². The Bertz CT molecular complexity index is 825. The van der Waals surface area contributed by atoms with Gasteiger partial charge in [0.2, 0.25) is 0 Å². The molecule has 1 saturated heterocycles. The van der Waals surface area contributed by atoms with E-state index in [2.05, 4.69) is 20.4 Å². The standard InChI is InChI=1S/C21H26ClFN4O/c1-21(2,28)12-27-10-13-7-16(8-14(13)11-27)24-20-6-5-19(25-26-20)17-9-15(23)3-4-18(17)22/h3-6,9,13-14,16,28H,7-8,10-12H2,1-2H3,(H,24,26)/t13-,14?,16?/m1/s1. The molecule has 0 radical (unpaired) electrons. The Hall–Kier alpha value is -1.76. The van der Waals surface area contributed by atoms with Crippen LogP contribution in [0.1, 0.15) is 26.7 Å². The molecule has 4 rings (SSSR count). The van der Waals surface area contributed by atoms with Gasteiger partial charge >= 0.3 is 0 Å². The second-order valence-corrected chi connectivity index (χ2v) is 9.17. The Kier molecular flexibility index (Phi) is 5.29. The first-order valence-electron chi connectivity index (χ1n) is 9.77. The number of nitrogens with one attached hydrogen (secondary N) is 1. The van der Waals surface area contributed by atoms with Gasteiger partial charge in [-0.3, -0.25) is 4.90 Å². The number of hydrogen-bond donors (Lipinski definition) is 2. The van der Waals surface area contributed by atoms with Crippen molar-refractivity contribution in [3.05, 3.63) is 41.2 Å². The van der Waals surface area contributed by atoms with Crippen molar-refractivity contribution in [3.63, 3.8) is 0 Å². The molecule has 2 heterocycles. The predicted molar refractivity (Wildman–Crippen MR) is 109 cm³/mol. The Morgan fingerprint density at radius 3 is 2.50 bits per heavy atom. The first-order chi connectivity index (χ1) is 13.3. The highest BCUT2D eigenvalue weighted by Crippen LogP contribution is 2.39. The van der Waals surface area contributed by atoms with Crippen LogP contribution < -0.4 is 5.32 Å². The van der Waals surface area contributed by atoms with Crippen LogP contribution in [0.3, 0.4) is 0 Å². The van der Waals surface area contributed by atoms with Crippen LogP contribution in [0.2, 0.25) is 5.02 Å². The molecule has 1 saturated carbocycles. The molecule has 1 aliphatic carbocycles. The van der Waals surface area contributed by atoms with Gasteiger partial charge in [-0.2, -0.15) is 0 Å². The summed E-state index contributed by atoms with van der Waals surface area (Å²) in [6.07, 6.45) is 2.21. The lowest BCUT2D eigenvalue weighted by Crippen LogP contribution is -2.38. The monoisotopic (exact) mass is 404 g/mol. The maximum absolute atomic E-state index is 13.5. The minimum Gasteiger partial charge on any atom is -0.389 e. The highest BCUT2D eigenvalue weighted by molar-refractivity contribution is 6.33. The van der Waals surface area contributed by atoms with Gasteiger partial charge in [-0.25, -0.2) is 4.39 Å². The molecule has 0 amide bonds. The van der Waals surface area contributed by atoms with E-state index in [0.717, 1.165) is 38.3 Å². The molecule has 7 heteroatoms. The summed E-state index contributed by atoms with van der Waals surface area (Å²) in [7, 11) is 0. The van der Waals surface area contributed by atoms with E-state index in [1.807, 2.05) is 26.0 Å². The van der Waals surface area contributed by atoms with E-state index in [-0.39, 0.29) is 5.82 Å². The molecular weight excluding hydrogens is 379 g/mol. The fourth-order valence-corrected chi connectivity index (χ4v) is 4.86. The SMILES string of the molecule is CC(C)(O)CN1CC2CC(Nc3ccc(-c4cc(F)ccc4Cl)nn3)C[C@@H]2C1. The maximum Gasteiger partial charge on any atom is 0.148 e. The molecule has 3 atom stereocenters.